The molecular weight excluding hydrogens is 364 g/mol. The van der Waals surface area contributed by atoms with Crippen molar-refractivity contribution in [1.29, 1.82) is 0 Å². The molecule has 8 heteroatoms. The normalized spacial score (nSPS) is 10.1. The molecule has 0 radical (unpaired) electrons. The number of carbonyl (C=O) groups excluding carboxylic acids is 2. The lowest BCUT2D eigenvalue weighted by Gasteiger charge is -2.12. The molecule has 0 atom stereocenters. The number of aliphatic carboxylic acids is 1. The molecule has 0 heterocycles. The summed E-state index contributed by atoms with van der Waals surface area (Å²) in [6.45, 7) is 3.47. The average molecular weight is 386 g/mol. The van der Waals surface area contributed by atoms with Crippen molar-refractivity contribution in [2.24, 2.45) is 0 Å². The summed E-state index contributed by atoms with van der Waals surface area (Å²) in [5, 5.41) is 14.2. The van der Waals surface area contributed by atoms with Crippen LogP contribution in [0.4, 0.5) is 5.69 Å². The largest absolute Gasteiger partial charge is 0.490 e. The van der Waals surface area contributed by atoms with E-state index in [-0.39, 0.29) is 17.6 Å². The van der Waals surface area contributed by atoms with Crippen molar-refractivity contribution < 1.29 is 29.0 Å². The van der Waals surface area contributed by atoms with Gasteiger partial charge in [0.05, 0.1) is 6.61 Å². The van der Waals surface area contributed by atoms with E-state index in [0.717, 1.165) is 5.56 Å². The zero-order chi connectivity index (χ0) is 20.5. The van der Waals surface area contributed by atoms with Crippen LogP contribution in [0.25, 0.3) is 0 Å². The Morgan fingerprint density at radius 3 is 2.32 bits per heavy atom. The molecule has 0 fully saturated rings. The van der Waals surface area contributed by atoms with Gasteiger partial charge in [-0.25, -0.2) is 4.79 Å². The summed E-state index contributed by atoms with van der Waals surface area (Å²) in [6.07, 6.45) is 0. The molecule has 0 saturated heterocycles. The second kappa shape index (κ2) is 9.96. The summed E-state index contributed by atoms with van der Waals surface area (Å²) in [6, 6.07) is 11.6. The minimum Gasteiger partial charge on any atom is -0.490 e. The van der Waals surface area contributed by atoms with Crippen LogP contribution >= 0.6 is 0 Å². The highest BCUT2D eigenvalue weighted by Crippen LogP contribution is 2.29. The van der Waals surface area contributed by atoms with E-state index < -0.39 is 12.6 Å². The fraction of sp³-hybridized carbons (Fsp3) is 0.250. The maximum Gasteiger partial charge on any atom is 0.341 e. The summed E-state index contributed by atoms with van der Waals surface area (Å²) in [5.74, 6) is -1.02. The van der Waals surface area contributed by atoms with E-state index in [9.17, 15) is 14.4 Å². The molecule has 0 spiro atoms. The monoisotopic (exact) mass is 386 g/mol. The number of hydrogen-bond donors (Lipinski definition) is 3. The molecule has 8 nitrogen and oxygen atoms in total. The summed E-state index contributed by atoms with van der Waals surface area (Å²) in [7, 11) is 0. The van der Waals surface area contributed by atoms with Gasteiger partial charge in [0.2, 0.25) is 5.91 Å². The third kappa shape index (κ3) is 6.31. The Labute approximate surface area is 162 Å². The Morgan fingerprint density at radius 1 is 1.00 bits per heavy atom. The first-order valence-electron chi connectivity index (χ1n) is 8.65. The number of carboxylic acids is 1. The second-order valence-electron chi connectivity index (χ2n) is 5.84. The maximum atomic E-state index is 12.5. The third-order valence-electron chi connectivity index (χ3n) is 3.61. The molecule has 2 amide bonds. The third-order valence-corrected chi connectivity index (χ3v) is 3.61. The molecule has 3 N–H and O–H groups in total. The lowest BCUT2D eigenvalue weighted by molar-refractivity contribution is -0.139. The maximum absolute atomic E-state index is 12.5. The molecule has 148 valence electrons. The number of ether oxygens (including phenoxy) is 2. The van der Waals surface area contributed by atoms with Gasteiger partial charge < -0.3 is 25.2 Å². The van der Waals surface area contributed by atoms with Crippen LogP contribution in [0.3, 0.4) is 0 Å². The molecule has 2 rings (SSSR count). The predicted molar refractivity (Wildman–Crippen MR) is 103 cm³/mol. The van der Waals surface area contributed by atoms with E-state index in [1.165, 1.54) is 25.1 Å². The number of hydrogen-bond acceptors (Lipinski definition) is 5. The fourth-order valence-electron chi connectivity index (χ4n) is 2.31. The Bertz CT molecular complexity index is 848. The molecule has 0 saturated carbocycles. The minimum absolute atomic E-state index is 0.113. The highest BCUT2D eigenvalue weighted by atomic mass is 16.5. The minimum atomic E-state index is -1.11. The van der Waals surface area contributed by atoms with Gasteiger partial charge in [0.1, 0.15) is 0 Å². The van der Waals surface area contributed by atoms with Crippen molar-refractivity contribution in [3.8, 4) is 11.5 Å². The predicted octanol–water partition coefficient (Wildman–Crippen LogP) is 2.44. The smallest absolute Gasteiger partial charge is 0.341 e. The van der Waals surface area contributed by atoms with E-state index >= 15 is 0 Å². The first-order valence-corrected chi connectivity index (χ1v) is 8.65. The van der Waals surface area contributed by atoms with Crippen LogP contribution in [0.15, 0.2) is 42.5 Å². The summed E-state index contributed by atoms with van der Waals surface area (Å²) in [5.41, 5.74) is 1.85. The Hall–Kier alpha value is -3.55. The molecular formula is C20H22N2O6. The quantitative estimate of drug-likeness (QED) is 0.610. The number of anilines is 1. The van der Waals surface area contributed by atoms with E-state index in [1.54, 1.807) is 31.2 Å². The summed E-state index contributed by atoms with van der Waals surface area (Å²) >= 11 is 0. The number of rotatable bonds is 9. The van der Waals surface area contributed by atoms with E-state index in [2.05, 4.69) is 10.6 Å². The van der Waals surface area contributed by atoms with Crippen LogP contribution in [-0.4, -0.2) is 36.1 Å². The van der Waals surface area contributed by atoms with Gasteiger partial charge in [-0.2, -0.15) is 0 Å². The molecule has 28 heavy (non-hydrogen) atoms. The number of carbonyl (C=O) groups is 3. The van der Waals surface area contributed by atoms with E-state index in [1.807, 2.05) is 0 Å². The zero-order valence-electron chi connectivity index (χ0n) is 15.7. The molecule has 0 aliphatic rings. The molecule has 0 aromatic heterocycles. The molecule has 2 aromatic rings. The molecule has 0 aliphatic carbocycles. The van der Waals surface area contributed by atoms with Gasteiger partial charge in [0.25, 0.3) is 5.91 Å². The lowest BCUT2D eigenvalue weighted by Crippen LogP contribution is -2.18. The number of nitrogens with one attached hydrogen (secondary N) is 2. The van der Waals surface area contributed by atoms with Crippen molar-refractivity contribution in [1.82, 2.24) is 5.32 Å². The van der Waals surface area contributed by atoms with Gasteiger partial charge in [-0.15, -0.1) is 0 Å². The van der Waals surface area contributed by atoms with Crippen molar-refractivity contribution in [2.75, 3.05) is 18.5 Å². The average Bonchev–Trinajstić information content (AvgIpc) is 2.66. The Morgan fingerprint density at radius 2 is 1.71 bits per heavy atom. The SMILES string of the molecule is CCOc1cc(C(=O)Nc2ccc(CNC(C)=O)cc2)ccc1OCC(=O)O. The van der Waals surface area contributed by atoms with Crippen molar-refractivity contribution in [2.45, 2.75) is 20.4 Å². The van der Waals surface area contributed by atoms with Gasteiger partial charge in [-0.05, 0) is 42.8 Å². The van der Waals surface area contributed by atoms with Crippen LogP contribution in [0.5, 0.6) is 11.5 Å². The molecule has 0 bridgehead atoms. The molecule has 0 unspecified atom stereocenters. The Balaban J connectivity index is 2.07. The zero-order valence-corrected chi connectivity index (χ0v) is 15.7. The van der Waals surface area contributed by atoms with Gasteiger partial charge in [0.15, 0.2) is 18.1 Å². The van der Waals surface area contributed by atoms with Gasteiger partial charge in [-0.3, -0.25) is 9.59 Å². The number of benzene rings is 2. The fourth-order valence-corrected chi connectivity index (χ4v) is 2.31. The van der Waals surface area contributed by atoms with E-state index in [4.69, 9.17) is 14.6 Å². The number of amides is 2. The molecule has 0 aliphatic heterocycles. The molecule has 2 aromatic carbocycles. The first-order chi connectivity index (χ1) is 13.4. The standard InChI is InChI=1S/C20H22N2O6/c1-3-27-18-10-15(6-9-17(18)28-12-19(24)25)20(26)22-16-7-4-14(5-8-16)11-21-13(2)23/h4-10H,3,11-12H2,1-2H3,(H,21,23)(H,22,26)(H,24,25). The highest BCUT2D eigenvalue weighted by molar-refractivity contribution is 6.04. The van der Waals surface area contributed by atoms with Crippen LogP contribution < -0.4 is 20.1 Å². The topological polar surface area (TPSA) is 114 Å². The van der Waals surface area contributed by atoms with Gasteiger partial charge in [-0.1, -0.05) is 12.1 Å². The van der Waals surface area contributed by atoms with Crippen LogP contribution in [0, 0.1) is 0 Å². The summed E-state index contributed by atoms with van der Waals surface area (Å²) < 4.78 is 10.6. The first kappa shape index (κ1) is 20.8. The number of carboxylic acid groups (broad SMARTS) is 1. The second-order valence-corrected chi connectivity index (χ2v) is 5.84. The summed E-state index contributed by atoms with van der Waals surface area (Å²) in [4.78, 5) is 34.1. The Kier molecular flexibility index (Phi) is 7.38. The van der Waals surface area contributed by atoms with Crippen molar-refractivity contribution in [3.63, 3.8) is 0 Å². The van der Waals surface area contributed by atoms with Gasteiger partial charge in [0, 0.05) is 24.7 Å². The van der Waals surface area contributed by atoms with Crippen molar-refractivity contribution in [3.05, 3.63) is 53.6 Å². The van der Waals surface area contributed by atoms with Crippen LogP contribution in [-0.2, 0) is 16.1 Å². The van der Waals surface area contributed by atoms with Crippen LogP contribution in [0.2, 0.25) is 0 Å². The van der Waals surface area contributed by atoms with Gasteiger partial charge >= 0.3 is 5.97 Å². The van der Waals surface area contributed by atoms with E-state index in [0.29, 0.717) is 30.2 Å². The van der Waals surface area contributed by atoms with Crippen LogP contribution in [0.1, 0.15) is 29.8 Å². The lowest BCUT2D eigenvalue weighted by atomic mass is 10.1. The van der Waals surface area contributed by atoms with Crippen molar-refractivity contribution >= 4 is 23.5 Å². The highest BCUT2D eigenvalue weighted by Gasteiger charge is 2.13.